The summed E-state index contributed by atoms with van der Waals surface area (Å²) in [6, 6.07) is 9.35. The van der Waals surface area contributed by atoms with Gasteiger partial charge in [0.1, 0.15) is 5.69 Å². The number of sulfone groups is 1. The van der Waals surface area contributed by atoms with Gasteiger partial charge in [-0.3, -0.25) is 9.20 Å². The highest BCUT2D eigenvalue weighted by molar-refractivity contribution is 7.90. The van der Waals surface area contributed by atoms with Crippen molar-refractivity contribution in [2.45, 2.75) is 17.5 Å². The second-order valence-electron chi connectivity index (χ2n) is 7.99. The number of aromatic nitrogens is 3. The summed E-state index contributed by atoms with van der Waals surface area (Å²) in [5.41, 5.74) is 2.20. The van der Waals surface area contributed by atoms with Crippen molar-refractivity contribution in [3.05, 3.63) is 77.9 Å². The Kier molecular flexibility index (Phi) is 4.97. The number of hydrogen-bond acceptors (Lipinski definition) is 5. The van der Waals surface area contributed by atoms with Crippen LogP contribution in [0.4, 0.5) is 18.9 Å². The summed E-state index contributed by atoms with van der Waals surface area (Å²) in [7, 11) is -3.36. The van der Waals surface area contributed by atoms with Gasteiger partial charge in [0.25, 0.3) is 5.91 Å². The third kappa shape index (κ3) is 3.81. The van der Waals surface area contributed by atoms with E-state index in [1.165, 1.54) is 41.7 Å². The minimum absolute atomic E-state index is 0.124. The molecule has 11 heteroatoms. The molecule has 5 rings (SSSR count). The van der Waals surface area contributed by atoms with Crippen molar-refractivity contribution in [2.24, 2.45) is 0 Å². The topological polar surface area (TPSA) is 84.6 Å². The van der Waals surface area contributed by atoms with Crippen LogP contribution in [0.25, 0.3) is 16.9 Å². The molecule has 0 aliphatic carbocycles. The maximum absolute atomic E-state index is 13.2. The summed E-state index contributed by atoms with van der Waals surface area (Å²) in [6.07, 6.45) is 1.63. The fraction of sp³-hybridized carbons (Fsp3) is 0.174. The monoisotopic (exact) mass is 486 g/mol. The maximum Gasteiger partial charge on any atom is 0.416 e. The lowest BCUT2D eigenvalue weighted by molar-refractivity contribution is -0.137. The quantitative estimate of drug-likeness (QED) is 0.437. The van der Waals surface area contributed by atoms with Gasteiger partial charge in [-0.05, 0) is 42.3 Å². The lowest BCUT2D eigenvalue weighted by atomic mass is 10.1. The van der Waals surface area contributed by atoms with E-state index in [4.69, 9.17) is 0 Å². The van der Waals surface area contributed by atoms with Gasteiger partial charge in [-0.2, -0.15) is 13.2 Å². The number of benzene rings is 2. The molecular weight excluding hydrogens is 469 g/mol. The summed E-state index contributed by atoms with van der Waals surface area (Å²) in [4.78, 5) is 23.4. The van der Waals surface area contributed by atoms with Crippen molar-refractivity contribution in [1.29, 1.82) is 0 Å². The number of rotatable bonds is 3. The van der Waals surface area contributed by atoms with E-state index < -0.39 is 21.6 Å². The molecule has 1 aliphatic rings. The molecule has 0 saturated heterocycles. The molecule has 0 spiro atoms. The molecular formula is C23H17F3N4O3S. The molecule has 0 N–H and O–H groups in total. The van der Waals surface area contributed by atoms with Crippen molar-refractivity contribution >= 4 is 27.1 Å². The maximum atomic E-state index is 13.2. The van der Waals surface area contributed by atoms with Crippen LogP contribution in [0.3, 0.4) is 0 Å². The molecule has 3 heterocycles. The minimum atomic E-state index is -4.43. The van der Waals surface area contributed by atoms with Crippen LogP contribution < -0.4 is 4.90 Å². The Labute approximate surface area is 192 Å². The van der Waals surface area contributed by atoms with E-state index in [9.17, 15) is 26.4 Å². The van der Waals surface area contributed by atoms with Gasteiger partial charge in [-0.25, -0.2) is 18.4 Å². The summed E-state index contributed by atoms with van der Waals surface area (Å²) in [6.45, 7) is 0.372. The number of halogens is 3. The van der Waals surface area contributed by atoms with Crippen LogP contribution in [0.5, 0.6) is 0 Å². The number of nitrogens with zero attached hydrogens (tertiary/aromatic N) is 4. The van der Waals surface area contributed by atoms with E-state index in [1.807, 2.05) is 0 Å². The Hall–Kier alpha value is -3.73. The standard InChI is InChI=1S/C23H17F3N4O3S/c1-34(32,33)17-6-7-19-15(10-17)8-9-29(19)22(31)18-13-30-20(11-28-21(30)12-27-18)14-2-4-16(5-3-14)23(24,25)26/h2-7,10-13H,8-9H2,1H3. The Morgan fingerprint density at radius 1 is 1.03 bits per heavy atom. The van der Waals surface area contributed by atoms with E-state index >= 15 is 0 Å². The van der Waals surface area contributed by atoms with Crippen molar-refractivity contribution in [3.63, 3.8) is 0 Å². The molecule has 0 unspecified atom stereocenters. The Morgan fingerprint density at radius 2 is 1.76 bits per heavy atom. The fourth-order valence-corrected chi connectivity index (χ4v) is 4.67. The molecule has 2 aromatic heterocycles. The number of anilines is 1. The third-order valence-electron chi connectivity index (χ3n) is 5.74. The number of alkyl halides is 3. The number of carbonyl (C=O) groups excluding carboxylic acids is 1. The molecule has 34 heavy (non-hydrogen) atoms. The first-order valence-electron chi connectivity index (χ1n) is 10.2. The third-order valence-corrected chi connectivity index (χ3v) is 6.85. The summed E-state index contributed by atoms with van der Waals surface area (Å²) in [5.74, 6) is -0.375. The van der Waals surface area contributed by atoms with Gasteiger partial charge in [-0.15, -0.1) is 0 Å². The molecule has 4 aromatic rings. The average Bonchev–Trinajstić information content (AvgIpc) is 3.41. The van der Waals surface area contributed by atoms with Crippen LogP contribution in [0.2, 0.25) is 0 Å². The number of imidazole rings is 1. The highest BCUT2D eigenvalue weighted by Crippen LogP contribution is 2.33. The molecule has 1 aliphatic heterocycles. The largest absolute Gasteiger partial charge is 0.416 e. The molecule has 2 aromatic carbocycles. The first-order chi connectivity index (χ1) is 16.0. The summed E-state index contributed by atoms with van der Waals surface area (Å²) >= 11 is 0. The van der Waals surface area contributed by atoms with Crippen molar-refractivity contribution in [1.82, 2.24) is 14.4 Å². The van der Waals surface area contributed by atoms with Crippen molar-refractivity contribution in [3.8, 4) is 11.3 Å². The molecule has 0 fully saturated rings. The van der Waals surface area contributed by atoms with E-state index in [-0.39, 0.29) is 16.5 Å². The van der Waals surface area contributed by atoms with E-state index in [0.29, 0.717) is 35.6 Å². The molecule has 174 valence electrons. The van der Waals surface area contributed by atoms with Crippen LogP contribution in [-0.4, -0.2) is 41.5 Å². The molecule has 0 atom stereocenters. The predicted octanol–water partition coefficient (Wildman–Crippen LogP) is 4.02. The van der Waals surface area contributed by atoms with Crippen LogP contribution >= 0.6 is 0 Å². The van der Waals surface area contributed by atoms with Crippen molar-refractivity contribution in [2.75, 3.05) is 17.7 Å². The number of carbonyl (C=O) groups is 1. The van der Waals surface area contributed by atoms with Crippen molar-refractivity contribution < 1.29 is 26.4 Å². The normalized spacial score (nSPS) is 13.9. The first kappa shape index (κ1) is 22.1. The highest BCUT2D eigenvalue weighted by Gasteiger charge is 2.30. The van der Waals surface area contributed by atoms with E-state index in [1.54, 1.807) is 16.5 Å². The van der Waals surface area contributed by atoms with E-state index in [0.717, 1.165) is 24.0 Å². The second kappa shape index (κ2) is 7.66. The average molecular weight is 486 g/mol. The number of hydrogen-bond donors (Lipinski definition) is 0. The lowest BCUT2D eigenvalue weighted by Crippen LogP contribution is -2.29. The SMILES string of the molecule is CS(=O)(=O)c1ccc2c(c1)CCN2C(=O)c1cn2c(-c3ccc(C(F)(F)F)cc3)cnc2cn1. The van der Waals surface area contributed by atoms with Crippen LogP contribution in [0.15, 0.2) is 66.0 Å². The smallest absolute Gasteiger partial charge is 0.306 e. The van der Waals surface area contributed by atoms with Crippen LogP contribution in [0, 0.1) is 0 Å². The molecule has 0 saturated carbocycles. The highest BCUT2D eigenvalue weighted by atomic mass is 32.2. The molecule has 1 amide bonds. The Bertz CT molecular complexity index is 1540. The summed E-state index contributed by atoms with van der Waals surface area (Å²) in [5, 5.41) is 0. The zero-order chi connectivity index (χ0) is 24.3. The lowest BCUT2D eigenvalue weighted by Gasteiger charge is -2.17. The predicted molar refractivity (Wildman–Crippen MR) is 118 cm³/mol. The number of amides is 1. The zero-order valence-corrected chi connectivity index (χ0v) is 18.6. The number of fused-ring (bicyclic) bond motifs is 2. The van der Waals surface area contributed by atoms with Gasteiger partial charge in [0.15, 0.2) is 15.5 Å². The van der Waals surface area contributed by atoms with Gasteiger partial charge in [0.05, 0.1) is 28.5 Å². The zero-order valence-electron chi connectivity index (χ0n) is 17.7. The second-order valence-corrected chi connectivity index (χ2v) is 10.0. The fourth-order valence-electron chi connectivity index (χ4n) is 4.00. The Morgan fingerprint density at radius 3 is 2.44 bits per heavy atom. The molecule has 0 bridgehead atoms. The van der Waals surface area contributed by atoms with Crippen LogP contribution in [0.1, 0.15) is 21.6 Å². The van der Waals surface area contributed by atoms with E-state index in [2.05, 4.69) is 9.97 Å². The Balaban J connectivity index is 1.49. The van der Waals surface area contributed by atoms with Gasteiger partial charge in [0.2, 0.25) is 0 Å². The van der Waals surface area contributed by atoms with Gasteiger partial charge in [-0.1, -0.05) is 12.1 Å². The molecule has 7 nitrogen and oxygen atoms in total. The van der Waals surface area contributed by atoms with Gasteiger partial charge < -0.3 is 4.90 Å². The van der Waals surface area contributed by atoms with Gasteiger partial charge >= 0.3 is 6.18 Å². The summed E-state index contributed by atoms with van der Waals surface area (Å²) < 4.78 is 63.9. The first-order valence-corrected chi connectivity index (χ1v) is 12.1. The molecule has 0 radical (unpaired) electrons. The minimum Gasteiger partial charge on any atom is -0.306 e. The van der Waals surface area contributed by atoms with Gasteiger partial charge in [0, 0.05) is 30.2 Å². The van der Waals surface area contributed by atoms with Crippen LogP contribution in [-0.2, 0) is 22.4 Å².